The van der Waals surface area contributed by atoms with Crippen LogP contribution in [0.4, 0.5) is 0 Å². The summed E-state index contributed by atoms with van der Waals surface area (Å²) in [5.41, 5.74) is 1.20. The highest BCUT2D eigenvalue weighted by molar-refractivity contribution is 5.53. The predicted molar refractivity (Wildman–Crippen MR) is 58.3 cm³/mol. The van der Waals surface area contributed by atoms with Gasteiger partial charge in [-0.25, -0.2) is 0 Å². The van der Waals surface area contributed by atoms with E-state index in [0.717, 1.165) is 30.4 Å². The normalized spacial score (nSPS) is 33.0. The number of hydrogen-bond donors (Lipinski definition) is 3. The average Bonchev–Trinajstić information content (AvgIpc) is 2.90. The zero-order valence-corrected chi connectivity index (χ0v) is 9.58. The third-order valence-electron chi connectivity index (χ3n) is 4.28. The first-order valence-electron chi connectivity index (χ1n) is 5.92. The van der Waals surface area contributed by atoms with Gasteiger partial charge in [0.1, 0.15) is 5.60 Å². The highest BCUT2D eigenvalue weighted by Crippen LogP contribution is 2.63. The molecule has 3 rings (SSSR count). The Kier molecular flexibility index (Phi) is 1.84. The van der Waals surface area contributed by atoms with Crippen LogP contribution in [0.15, 0.2) is 0 Å². The van der Waals surface area contributed by atoms with Crippen molar-refractivity contribution in [2.24, 2.45) is 5.92 Å². The molecule has 3 unspecified atom stereocenters. The number of aromatic nitrogens is 1. The van der Waals surface area contributed by atoms with Crippen LogP contribution in [0, 0.1) is 5.92 Å². The summed E-state index contributed by atoms with van der Waals surface area (Å²) in [7, 11) is 0. The molecule has 3 heterocycles. The van der Waals surface area contributed by atoms with Crippen LogP contribution in [0.3, 0.4) is 0 Å². The molecule has 0 saturated carbocycles. The van der Waals surface area contributed by atoms with Crippen molar-refractivity contribution in [1.82, 2.24) is 4.98 Å². The molecule has 1 saturated heterocycles. The summed E-state index contributed by atoms with van der Waals surface area (Å²) in [5, 5.41) is 19.6. The van der Waals surface area contributed by atoms with E-state index in [9.17, 15) is 10.2 Å². The molecule has 88 valence electrons. The molecule has 0 aromatic carbocycles. The second-order valence-corrected chi connectivity index (χ2v) is 4.95. The molecule has 2 bridgehead atoms. The van der Waals surface area contributed by atoms with E-state index < -0.39 is 0 Å². The zero-order valence-electron chi connectivity index (χ0n) is 9.58. The third kappa shape index (κ3) is 0.937. The van der Waals surface area contributed by atoms with Gasteiger partial charge in [-0.2, -0.15) is 0 Å². The van der Waals surface area contributed by atoms with Crippen molar-refractivity contribution in [2.45, 2.75) is 44.8 Å². The van der Waals surface area contributed by atoms with Crippen molar-refractivity contribution in [3.05, 3.63) is 11.1 Å². The van der Waals surface area contributed by atoms with Crippen LogP contribution in [-0.2, 0) is 10.3 Å². The Bertz CT molecular complexity index is 440. The molecular formula is C12H17NO3. The minimum absolute atomic E-state index is 0.0406. The Hall–Kier alpha value is -1.16. The molecule has 4 nitrogen and oxygen atoms in total. The van der Waals surface area contributed by atoms with Crippen LogP contribution in [0.2, 0.25) is 0 Å². The molecule has 16 heavy (non-hydrogen) atoms. The molecule has 0 aliphatic carbocycles. The van der Waals surface area contributed by atoms with Gasteiger partial charge in [0.25, 0.3) is 0 Å². The summed E-state index contributed by atoms with van der Waals surface area (Å²) in [6.45, 7) is 4.26. The molecule has 3 atom stereocenters. The van der Waals surface area contributed by atoms with E-state index in [1.54, 1.807) is 0 Å². The summed E-state index contributed by atoms with van der Waals surface area (Å²) in [4.78, 5) is 2.61. The van der Waals surface area contributed by atoms with Gasteiger partial charge in [-0.3, -0.25) is 4.98 Å². The number of aromatic amines is 1. The van der Waals surface area contributed by atoms with E-state index >= 15 is 0 Å². The van der Waals surface area contributed by atoms with Crippen LogP contribution in [0.1, 0.15) is 50.3 Å². The quantitative estimate of drug-likeness (QED) is 0.721. The van der Waals surface area contributed by atoms with Crippen molar-refractivity contribution in [3.8, 4) is 11.8 Å². The standard InChI is InChI=1S/C12H17NO3/c1-3-6(2)12-5-4-7(16-12)8-9(12)11(15)13-10(8)14/h6-7,13-15H,3-5H2,1-2H3. The molecule has 0 spiro atoms. The topological polar surface area (TPSA) is 65.5 Å². The number of nitrogens with one attached hydrogen (secondary N) is 1. The lowest BCUT2D eigenvalue weighted by atomic mass is 9.75. The van der Waals surface area contributed by atoms with Gasteiger partial charge in [-0.15, -0.1) is 0 Å². The van der Waals surface area contributed by atoms with Gasteiger partial charge in [-0.05, 0) is 18.8 Å². The van der Waals surface area contributed by atoms with Crippen molar-refractivity contribution < 1.29 is 14.9 Å². The monoisotopic (exact) mass is 223 g/mol. The zero-order chi connectivity index (χ0) is 11.5. The van der Waals surface area contributed by atoms with Crippen LogP contribution >= 0.6 is 0 Å². The number of fused-ring (bicyclic) bond motifs is 5. The fraction of sp³-hybridized carbons (Fsp3) is 0.667. The average molecular weight is 223 g/mol. The van der Waals surface area contributed by atoms with Crippen molar-refractivity contribution >= 4 is 0 Å². The van der Waals surface area contributed by atoms with Gasteiger partial charge in [-0.1, -0.05) is 20.3 Å². The van der Waals surface area contributed by atoms with Gasteiger partial charge >= 0.3 is 0 Å². The molecule has 2 aliphatic heterocycles. The lowest BCUT2D eigenvalue weighted by Gasteiger charge is -2.31. The molecule has 2 aliphatic rings. The van der Waals surface area contributed by atoms with Gasteiger partial charge in [0.15, 0.2) is 11.8 Å². The summed E-state index contributed by atoms with van der Waals surface area (Å²) < 4.78 is 6.04. The van der Waals surface area contributed by atoms with Crippen molar-refractivity contribution in [3.63, 3.8) is 0 Å². The van der Waals surface area contributed by atoms with Crippen LogP contribution in [0.5, 0.6) is 11.8 Å². The SMILES string of the molecule is CCC(C)C12CCC(O1)c1c(O)[nH]c(O)c12. The van der Waals surface area contributed by atoms with Crippen molar-refractivity contribution in [1.29, 1.82) is 0 Å². The Morgan fingerprint density at radius 2 is 2.25 bits per heavy atom. The van der Waals surface area contributed by atoms with Gasteiger partial charge in [0, 0.05) is 0 Å². The van der Waals surface area contributed by atoms with Gasteiger partial charge < -0.3 is 14.9 Å². The Morgan fingerprint density at radius 3 is 2.94 bits per heavy atom. The minimum Gasteiger partial charge on any atom is -0.494 e. The second kappa shape index (κ2) is 2.94. The van der Waals surface area contributed by atoms with Crippen LogP contribution in [0.25, 0.3) is 0 Å². The first-order valence-corrected chi connectivity index (χ1v) is 5.92. The van der Waals surface area contributed by atoms with E-state index in [2.05, 4.69) is 18.8 Å². The molecule has 1 aromatic heterocycles. The number of H-pyrrole nitrogens is 1. The molecular weight excluding hydrogens is 206 g/mol. The van der Waals surface area contributed by atoms with Gasteiger partial charge in [0.05, 0.1) is 17.2 Å². The summed E-state index contributed by atoms with van der Waals surface area (Å²) in [6.07, 6.45) is 2.82. The third-order valence-corrected chi connectivity index (χ3v) is 4.28. The first-order chi connectivity index (χ1) is 7.60. The molecule has 0 radical (unpaired) electrons. The lowest BCUT2D eigenvalue weighted by Crippen LogP contribution is -2.30. The molecule has 1 aromatic rings. The maximum Gasteiger partial charge on any atom is 0.197 e. The lowest BCUT2D eigenvalue weighted by molar-refractivity contribution is -0.0622. The Balaban J connectivity index is 2.19. The second-order valence-electron chi connectivity index (χ2n) is 4.95. The molecule has 4 heteroatoms. The number of aromatic hydroxyl groups is 2. The van der Waals surface area contributed by atoms with Gasteiger partial charge in [0.2, 0.25) is 0 Å². The van der Waals surface area contributed by atoms with Crippen LogP contribution < -0.4 is 0 Å². The highest BCUT2D eigenvalue weighted by Gasteiger charge is 2.56. The number of rotatable bonds is 2. The minimum atomic E-state index is -0.379. The fourth-order valence-electron chi connectivity index (χ4n) is 3.27. The van der Waals surface area contributed by atoms with E-state index in [0.29, 0.717) is 5.92 Å². The smallest absolute Gasteiger partial charge is 0.197 e. The van der Waals surface area contributed by atoms with E-state index in [1.165, 1.54) is 0 Å². The fourth-order valence-corrected chi connectivity index (χ4v) is 3.27. The Morgan fingerprint density at radius 1 is 1.50 bits per heavy atom. The number of hydrogen-bond acceptors (Lipinski definition) is 3. The molecule has 3 N–H and O–H groups in total. The maximum atomic E-state index is 9.89. The van der Waals surface area contributed by atoms with Crippen LogP contribution in [-0.4, -0.2) is 15.2 Å². The summed E-state index contributed by atoms with van der Waals surface area (Å²) in [6, 6.07) is 0. The highest BCUT2D eigenvalue weighted by atomic mass is 16.5. The van der Waals surface area contributed by atoms with E-state index in [1.807, 2.05) is 0 Å². The van der Waals surface area contributed by atoms with Crippen molar-refractivity contribution in [2.75, 3.05) is 0 Å². The van der Waals surface area contributed by atoms with E-state index in [4.69, 9.17) is 4.74 Å². The molecule has 1 fully saturated rings. The number of ether oxygens (including phenoxy) is 1. The largest absolute Gasteiger partial charge is 0.494 e. The first kappa shape index (κ1) is 10.0. The Labute approximate surface area is 94.3 Å². The summed E-state index contributed by atoms with van der Waals surface area (Å²) >= 11 is 0. The summed E-state index contributed by atoms with van der Waals surface area (Å²) in [5.74, 6) is 0.497. The molecule has 0 amide bonds. The van der Waals surface area contributed by atoms with E-state index in [-0.39, 0.29) is 23.5 Å². The maximum absolute atomic E-state index is 9.89. The predicted octanol–water partition coefficient (Wildman–Crippen LogP) is 2.53.